The minimum atomic E-state index is 1.18. The Morgan fingerprint density at radius 2 is 1.80 bits per heavy atom. The predicted octanol–water partition coefficient (Wildman–Crippen LogP) is 4.67. The van der Waals surface area contributed by atoms with Gasteiger partial charge >= 0.3 is 0 Å². The smallest absolute Gasteiger partial charge is 0.0242 e. The number of unbranched alkanes of at least 4 members (excludes halogenated alkanes) is 2. The fourth-order valence-corrected chi connectivity index (χ4v) is 1.69. The van der Waals surface area contributed by atoms with E-state index in [0.29, 0.717) is 0 Å². The van der Waals surface area contributed by atoms with Crippen molar-refractivity contribution < 1.29 is 0 Å². The molecule has 15 heavy (non-hydrogen) atoms. The second-order valence-electron chi connectivity index (χ2n) is 4.08. The zero-order valence-corrected chi connectivity index (χ0v) is 10.00. The molecule has 0 fully saturated rings. The summed E-state index contributed by atoms with van der Waals surface area (Å²) in [4.78, 5) is 0. The molecule has 0 aromatic heterocycles. The van der Waals surface area contributed by atoms with E-state index < -0.39 is 0 Å². The molecule has 0 aliphatic rings. The molecule has 0 nitrogen and oxygen atoms in total. The first kappa shape index (κ1) is 12.0. The topological polar surface area (TPSA) is 0 Å². The number of rotatable bonds is 6. The van der Waals surface area contributed by atoms with Crippen molar-refractivity contribution in [2.75, 3.05) is 0 Å². The SMILES string of the molecule is CCCC/C=C/CCc1ccccc1C. The highest BCUT2D eigenvalue weighted by molar-refractivity contribution is 5.25. The second-order valence-corrected chi connectivity index (χ2v) is 4.08. The van der Waals surface area contributed by atoms with Gasteiger partial charge in [0.25, 0.3) is 0 Å². The van der Waals surface area contributed by atoms with E-state index in [2.05, 4.69) is 50.3 Å². The van der Waals surface area contributed by atoms with Crippen molar-refractivity contribution in [3.05, 3.63) is 47.5 Å². The summed E-state index contributed by atoms with van der Waals surface area (Å²) in [6.45, 7) is 4.43. The van der Waals surface area contributed by atoms with Gasteiger partial charge in [0.1, 0.15) is 0 Å². The number of hydrogen-bond acceptors (Lipinski definition) is 0. The largest absolute Gasteiger partial charge is 0.0885 e. The molecule has 0 aliphatic carbocycles. The zero-order chi connectivity index (χ0) is 10.9. The van der Waals surface area contributed by atoms with Gasteiger partial charge in [-0.25, -0.2) is 0 Å². The Balaban J connectivity index is 2.26. The molecule has 0 saturated heterocycles. The van der Waals surface area contributed by atoms with Crippen LogP contribution in [-0.4, -0.2) is 0 Å². The lowest BCUT2D eigenvalue weighted by Crippen LogP contribution is -1.87. The lowest BCUT2D eigenvalue weighted by atomic mass is 10.0. The third-order valence-electron chi connectivity index (χ3n) is 2.73. The molecule has 1 aromatic rings. The van der Waals surface area contributed by atoms with Crippen molar-refractivity contribution in [3.63, 3.8) is 0 Å². The predicted molar refractivity (Wildman–Crippen MR) is 68.2 cm³/mol. The summed E-state index contributed by atoms with van der Waals surface area (Å²) in [5.41, 5.74) is 2.90. The van der Waals surface area contributed by atoms with Crippen LogP contribution in [-0.2, 0) is 6.42 Å². The summed E-state index contributed by atoms with van der Waals surface area (Å²) < 4.78 is 0. The van der Waals surface area contributed by atoms with Crippen molar-refractivity contribution in [1.82, 2.24) is 0 Å². The summed E-state index contributed by atoms with van der Waals surface area (Å²) in [5.74, 6) is 0. The minimum Gasteiger partial charge on any atom is -0.0885 e. The highest BCUT2D eigenvalue weighted by atomic mass is 14.0. The molecule has 0 spiro atoms. The molecule has 0 bridgehead atoms. The maximum atomic E-state index is 2.32. The van der Waals surface area contributed by atoms with Crippen LogP contribution in [0, 0.1) is 6.92 Å². The molecule has 0 amide bonds. The quantitative estimate of drug-likeness (QED) is 0.464. The average Bonchev–Trinajstić information content (AvgIpc) is 2.25. The van der Waals surface area contributed by atoms with E-state index in [1.807, 2.05) is 0 Å². The average molecular weight is 202 g/mol. The van der Waals surface area contributed by atoms with E-state index >= 15 is 0 Å². The van der Waals surface area contributed by atoms with Crippen LogP contribution in [0.25, 0.3) is 0 Å². The van der Waals surface area contributed by atoms with Gasteiger partial charge in [0, 0.05) is 0 Å². The first-order valence-electron chi connectivity index (χ1n) is 6.04. The second kappa shape index (κ2) is 7.28. The van der Waals surface area contributed by atoms with E-state index in [4.69, 9.17) is 0 Å². The fraction of sp³-hybridized carbons (Fsp3) is 0.467. The summed E-state index contributed by atoms with van der Waals surface area (Å²) in [6, 6.07) is 8.66. The van der Waals surface area contributed by atoms with Gasteiger partial charge in [0.2, 0.25) is 0 Å². The first-order chi connectivity index (χ1) is 7.34. The Hall–Kier alpha value is -1.04. The van der Waals surface area contributed by atoms with E-state index in [9.17, 15) is 0 Å². The monoisotopic (exact) mass is 202 g/mol. The minimum absolute atomic E-state index is 1.18. The van der Waals surface area contributed by atoms with Gasteiger partial charge in [0.05, 0.1) is 0 Å². The van der Waals surface area contributed by atoms with Crippen LogP contribution in [0.15, 0.2) is 36.4 Å². The summed E-state index contributed by atoms with van der Waals surface area (Å²) in [6.07, 6.45) is 10.8. The molecular weight excluding hydrogens is 180 g/mol. The molecule has 0 atom stereocenters. The fourth-order valence-electron chi connectivity index (χ4n) is 1.69. The third kappa shape index (κ3) is 4.83. The van der Waals surface area contributed by atoms with E-state index in [-0.39, 0.29) is 0 Å². The first-order valence-corrected chi connectivity index (χ1v) is 6.04. The van der Waals surface area contributed by atoms with E-state index in [1.54, 1.807) is 0 Å². The molecule has 82 valence electrons. The molecular formula is C15H22. The molecule has 0 saturated carbocycles. The van der Waals surface area contributed by atoms with Crippen LogP contribution in [0.3, 0.4) is 0 Å². The van der Waals surface area contributed by atoms with Crippen molar-refractivity contribution in [2.24, 2.45) is 0 Å². The van der Waals surface area contributed by atoms with Crippen LogP contribution in [0.5, 0.6) is 0 Å². The normalized spacial score (nSPS) is 11.1. The lowest BCUT2D eigenvalue weighted by Gasteiger charge is -2.02. The van der Waals surface area contributed by atoms with Gasteiger partial charge in [-0.15, -0.1) is 0 Å². The highest BCUT2D eigenvalue weighted by Crippen LogP contribution is 2.09. The van der Waals surface area contributed by atoms with Gasteiger partial charge in [-0.3, -0.25) is 0 Å². The summed E-state index contributed by atoms with van der Waals surface area (Å²) in [5, 5.41) is 0. The van der Waals surface area contributed by atoms with Crippen LogP contribution >= 0.6 is 0 Å². The molecule has 0 unspecified atom stereocenters. The molecule has 0 N–H and O–H groups in total. The number of benzene rings is 1. The number of allylic oxidation sites excluding steroid dienone is 2. The lowest BCUT2D eigenvalue weighted by molar-refractivity contribution is 0.811. The van der Waals surface area contributed by atoms with Crippen molar-refractivity contribution in [3.8, 4) is 0 Å². The van der Waals surface area contributed by atoms with Crippen LogP contribution in [0.1, 0.15) is 43.7 Å². The highest BCUT2D eigenvalue weighted by Gasteiger charge is 1.93. The van der Waals surface area contributed by atoms with Crippen molar-refractivity contribution in [1.29, 1.82) is 0 Å². The van der Waals surface area contributed by atoms with Crippen LogP contribution < -0.4 is 0 Å². The third-order valence-corrected chi connectivity index (χ3v) is 2.73. The van der Waals surface area contributed by atoms with E-state index in [1.165, 1.54) is 43.2 Å². The molecule has 0 radical (unpaired) electrons. The maximum absolute atomic E-state index is 2.32. The summed E-state index contributed by atoms with van der Waals surface area (Å²) in [7, 11) is 0. The van der Waals surface area contributed by atoms with E-state index in [0.717, 1.165) is 0 Å². The Kier molecular flexibility index (Phi) is 5.84. The number of aryl methyl sites for hydroxylation is 2. The Morgan fingerprint density at radius 3 is 2.53 bits per heavy atom. The Bertz CT molecular complexity index is 297. The van der Waals surface area contributed by atoms with Gasteiger partial charge in [-0.05, 0) is 37.3 Å². The maximum Gasteiger partial charge on any atom is -0.0242 e. The Morgan fingerprint density at radius 1 is 1.07 bits per heavy atom. The molecule has 0 aliphatic heterocycles. The van der Waals surface area contributed by atoms with Crippen LogP contribution in [0.4, 0.5) is 0 Å². The van der Waals surface area contributed by atoms with Crippen LogP contribution in [0.2, 0.25) is 0 Å². The van der Waals surface area contributed by atoms with Gasteiger partial charge in [-0.1, -0.05) is 56.2 Å². The molecule has 0 heteroatoms. The number of hydrogen-bond donors (Lipinski definition) is 0. The summed E-state index contributed by atoms with van der Waals surface area (Å²) >= 11 is 0. The van der Waals surface area contributed by atoms with Crippen molar-refractivity contribution >= 4 is 0 Å². The van der Waals surface area contributed by atoms with Gasteiger partial charge in [-0.2, -0.15) is 0 Å². The zero-order valence-electron chi connectivity index (χ0n) is 10.00. The molecule has 0 heterocycles. The van der Waals surface area contributed by atoms with Gasteiger partial charge < -0.3 is 0 Å². The standard InChI is InChI=1S/C15H22/c1-3-4-5-6-7-8-12-15-13-10-9-11-14(15)2/h6-7,9-11,13H,3-5,8,12H2,1-2H3/b7-6+. The molecule has 1 rings (SSSR count). The molecule has 1 aromatic carbocycles. The Labute approximate surface area is 94.0 Å². The van der Waals surface area contributed by atoms with Gasteiger partial charge in [0.15, 0.2) is 0 Å². The van der Waals surface area contributed by atoms with Crippen molar-refractivity contribution in [2.45, 2.75) is 46.0 Å².